The molecule has 7 heteroatoms. The molecule has 0 aliphatic rings. The van der Waals surface area contributed by atoms with E-state index in [1.165, 1.54) is 18.2 Å². The summed E-state index contributed by atoms with van der Waals surface area (Å²) in [5.74, 6) is 0.719. The molecule has 0 fully saturated rings. The molecule has 0 saturated carbocycles. The fourth-order valence-corrected chi connectivity index (χ4v) is 2.46. The zero-order chi connectivity index (χ0) is 16.0. The molecule has 0 saturated heterocycles. The van der Waals surface area contributed by atoms with E-state index in [0.29, 0.717) is 16.9 Å². The first-order valence-corrected chi connectivity index (χ1v) is 6.79. The lowest BCUT2D eigenvalue weighted by atomic mass is 10.2. The Kier molecular flexibility index (Phi) is 2.74. The number of para-hydroxylation sites is 1. The van der Waals surface area contributed by atoms with Gasteiger partial charge < -0.3 is 9.40 Å². The number of benzene rings is 2. The Morgan fingerprint density at radius 2 is 1.96 bits per heavy atom. The standard InChI is InChI=1S/C16H9N3O4/c20-16-11-8-10(19(21)22)5-6-12(11)17-15(18-16)14-7-9-3-1-2-4-13(9)23-14/h1-8H,(H,17,18,20). The summed E-state index contributed by atoms with van der Waals surface area (Å²) in [6, 6.07) is 13.2. The lowest BCUT2D eigenvalue weighted by Crippen LogP contribution is -2.09. The van der Waals surface area contributed by atoms with Crippen LogP contribution in [-0.2, 0) is 0 Å². The topological polar surface area (TPSA) is 102 Å². The first-order valence-electron chi connectivity index (χ1n) is 6.79. The average molecular weight is 307 g/mol. The normalized spacial score (nSPS) is 11.1. The van der Waals surface area contributed by atoms with Crippen LogP contribution in [0.25, 0.3) is 33.5 Å². The number of non-ortho nitro benzene ring substituents is 1. The minimum Gasteiger partial charge on any atom is -0.453 e. The molecular formula is C16H9N3O4. The number of nitrogens with one attached hydrogen (secondary N) is 1. The minimum atomic E-state index is -0.550. The number of nitro groups is 1. The number of aromatic nitrogens is 2. The highest BCUT2D eigenvalue weighted by Crippen LogP contribution is 2.26. The Balaban J connectivity index is 1.93. The highest BCUT2D eigenvalue weighted by molar-refractivity contribution is 5.84. The zero-order valence-electron chi connectivity index (χ0n) is 11.6. The number of fused-ring (bicyclic) bond motifs is 2. The Morgan fingerprint density at radius 3 is 2.74 bits per heavy atom. The van der Waals surface area contributed by atoms with Gasteiger partial charge in [0, 0.05) is 17.5 Å². The number of hydrogen-bond donors (Lipinski definition) is 1. The van der Waals surface area contributed by atoms with Gasteiger partial charge in [0.25, 0.3) is 11.2 Å². The smallest absolute Gasteiger partial charge is 0.270 e. The van der Waals surface area contributed by atoms with Gasteiger partial charge in [-0.3, -0.25) is 14.9 Å². The second-order valence-corrected chi connectivity index (χ2v) is 5.02. The van der Waals surface area contributed by atoms with Gasteiger partial charge in [0.15, 0.2) is 11.6 Å². The number of nitro benzene ring substituents is 1. The van der Waals surface area contributed by atoms with Gasteiger partial charge in [-0.15, -0.1) is 0 Å². The van der Waals surface area contributed by atoms with Gasteiger partial charge in [0.2, 0.25) is 0 Å². The number of H-pyrrole nitrogens is 1. The summed E-state index contributed by atoms with van der Waals surface area (Å²) >= 11 is 0. The van der Waals surface area contributed by atoms with Crippen molar-refractivity contribution >= 4 is 27.6 Å². The SMILES string of the molecule is O=c1[nH]c(-c2cc3ccccc3o2)nc2ccc([N+](=O)[O-])cc12. The molecular weight excluding hydrogens is 298 g/mol. The fraction of sp³-hybridized carbons (Fsp3) is 0. The predicted octanol–water partition coefficient (Wildman–Crippen LogP) is 3.24. The van der Waals surface area contributed by atoms with Gasteiger partial charge in [-0.1, -0.05) is 18.2 Å². The summed E-state index contributed by atoms with van der Waals surface area (Å²) < 4.78 is 5.68. The van der Waals surface area contributed by atoms with Crippen molar-refractivity contribution in [3.63, 3.8) is 0 Å². The monoisotopic (exact) mass is 307 g/mol. The van der Waals surface area contributed by atoms with Gasteiger partial charge in [-0.2, -0.15) is 0 Å². The third-order valence-electron chi connectivity index (χ3n) is 3.56. The van der Waals surface area contributed by atoms with Crippen molar-refractivity contribution in [2.45, 2.75) is 0 Å². The van der Waals surface area contributed by atoms with Crippen LogP contribution in [0.1, 0.15) is 0 Å². The third kappa shape index (κ3) is 2.15. The van der Waals surface area contributed by atoms with E-state index in [9.17, 15) is 14.9 Å². The van der Waals surface area contributed by atoms with Crippen molar-refractivity contribution in [3.05, 3.63) is 69.0 Å². The number of furan rings is 1. The predicted molar refractivity (Wildman–Crippen MR) is 84.2 cm³/mol. The lowest BCUT2D eigenvalue weighted by molar-refractivity contribution is -0.384. The molecule has 0 bridgehead atoms. The largest absolute Gasteiger partial charge is 0.453 e. The van der Waals surface area contributed by atoms with E-state index < -0.39 is 10.5 Å². The summed E-state index contributed by atoms with van der Waals surface area (Å²) in [5.41, 5.74) is 0.458. The van der Waals surface area contributed by atoms with Gasteiger partial charge in [-0.05, 0) is 18.2 Å². The quantitative estimate of drug-likeness (QED) is 0.452. The van der Waals surface area contributed by atoms with Crippen molar-refractivity contribution in [1.29, 1.82) is 0 Å². The van der Waals surface area contributed by atoms with E-state index in [2.05, 4.69) is 9.97 Å². The van der Waals surface area contributed by atoms with Crippen LogP contribution < -0.4 is 5.56 Å². The van der Waals surface area contributed by atoms with Crippen LogP contribution in [0.15, 0.2) is 57.7 Å². The van der Waals surface area contributed by atoms with E-state index in [1.807, 2.05) is 24.3 Å². The van der Waals surface area contributed by atoms with Crippen LogP contribution in [0.2, 0.25) is 0 Å². The molecule has 2 heterocycles. The van der Waals surface area contributed by atoms with E-state index in [4.69, 9.17) is 4.42 Å². The van der Waals surface area contributed by atoms with E-state index in [1.54, 1.807) is 6.07 Å². The van der Waals surface area contributed by atoms with Gasteiger partial charge >= 0.3 is 0 Å². The number of rotatable bonds is 2. The molecule has 2 aromatic carbocycles. The molecule has 0 aliphatic carbocycles. The summed E-state index contributed by atoms with van der Waals surface area (Å²) in [4.78, 5) is 29.4. The number of hydrogen-bond acceptors (Lipinski definition) is 5. The summed E-state index contributed by atoms with van der Waals surface area (Å²) in [6.07, 6.45) is 0. The maximum absolute atomic E-state index is 12.2. The Morgan fingerprint density at radius 1 is 1.13 bits per heavy atom. The molecule has 2 aromatic heterocycles. The van der Waals surface area contributed by atoms with Crippen molar-refractivity contribution in [1.82, 2.24) is 9.97 Å². The van der Waals surface area contributed by atoms with Crippen LogP contribution in [0.5, 0.6) is 0 Å². The van der Waals surface area contributed by atoms with Crippen LogP contribution in [0.4, 0.5) is 5.69 Å². The average Bonchev–Trinajstić information content (AvgIpc) is 2.98. The summed E-state index contributed by atoms with van der Waals surface area (Å²) in [7, 11) is 0. The molecule has 7 nitrogen and oxygen atoms in total. The molecule has 1 N–H and O–H groups in total. The summed E-state index contributed by atoms with van der Waals surface area (Å²) in [5, 5.41) is 11.9. The Labute approximate surface area is 128 Å². The summed E-state index contributed by atoms with van der Waals surface area (Å²) in [6.45, 7) is 0. The Hall–Kier alpha value is -3.48. The van der Waals surface area contributed by atoms with Gasteiger partial charge in [0.05, 0.1) is 15.8 Å². The Bertz CT molecular complexity index is 1090. The first-order chi connectivity index (χ1) is 11.1. The molecule has 0 amide bonds. The van der Waals surface area contributed by atoms with E-state index >= 15 is 0 Å². The second kappa shape index (κ2) is 4.77. The molecule has 4 aromatic rings. The molecule has 112 valence electrons. The molecule has 0 radical (unpaired) electrons. The van der Waals surface area contributed by atoms with Crippen LogP contribution >= 0.6 is 0 Å². The van der Waals surface area contributed by atoms with Crippen molar-refractivity contribution in [2.24, 2.45) is 0 Å². The van der Waals surface area contributed by atoms with Crippen molar-refractivity contribution in [3.8, 4) is 11.6 Å². The number of aromatic amines is 1. The van der Waals surface area contributed by atoms with E-state index in [-0.39, 0.29) is 16.9 Å². The highest BCUT2D eigenvalue weighted by Gasteiger charge is 2.13. The van der Waals surface area contributed by atoms with Crippen LogP contribution in [-0.4, -0.2) is 14.9 Å². The second-order valence-electron chi connectivity index (χ2n) is 5.02. The maximum Gasteiger partial charge on any atom is 0.270 e. The molecule has 4 rings (SSSR count). The minimum absolute atomic E-state index is 0.152. The first kappa shape index (κ1) is 13.2. The molecule has 0 atom stereocenters. The van der Waals surface area contributed by atoms with Crippen molar-refractivity contribution < 1.29 is 9.34 Å². The third-order valence-corrected chi connectivity index (χ3v) is 3.56. The zero-order valence-corrected chi connectivity index (χ0v) is 11.6. The molecule has 0 unspecified atom stereocenters. The number of nitrogens with zero attached hydrogens (tertiary/aromatic N) is 2. The van der Waals surface area contributed by atoms with Gasteiger partial charge in [-0.25, -0.2) is 4.98 Å². The molecule has 0 spiro atoms. The van der Waals surface area contributed by atoms with E-state index in [0.717, 1.165) is 5.39 Å². The van der Waals surface area contributed by atoms with Crippen LogP contribution in [0.3, 0.4) is 0 Å². The molecule has 0 aliphatic heterocycles. The maximum atomic E-state index is 12.2. The highest BCUT2D eigenvalue weighted by atomic mass is 16.6. The van der Waals surface area contributed by atoms with Crippen LogP contribution in [0, 0.1) is 10.1 Å². The fourth-order valence-electron chi connectivity index (χ4n) is 2.46. The molecule has 23 heavy (non-hydrogen) atoms. The van der Waals surface area contributed by atoms with Crippen molar-refractivity contribution in [2.75, 3.05) is 0 Å². The van der Waals surface area contributed by atoms with Gasteiger partial charge in [0.1, 0.15) is 5.58 Å². The lowest BCUT2D eigenvalue weighted by Gasteiger charge is -2.00.